The number of carbonyl (C=O) groups excluding carboxylic acids is 3. The normalized spacial score (nSPS) is 32.0. The van der Waals surface area contributed by atoms with E-state index < -0.39 is 18.1 Å². The predicted octanol–water partition coefficient (Wildman–Crippen LogP) is -0.215. The van der Waals surface area contributed by atoms with Crippen LogP contribution in [-0.4, -0.2) is 77.6 Å². The Kier molecular flexibility index (Phi) is 3.66. The van der Waals surface area contributed by atoms with E-state index in [1.54, 1.807) is 13.0 Å². The Labute approximate surface area is 149 Å². The molecular weight excluding hydrogens is 338 g/mol. The summed E-state index contributed by atoms with van der Waals surface area (Å²) in [6.07, 6.45) is 1.36. The van der Waals surface area contributed by atoms with E-state index in [9.17, 15) is 14.4 Å². The van der Waals surface area contributed by atoms with Gasteiger partial charge in [0.1, 0.15) is 25.0 Å². The number of piperazine rings is 1. The van der Waals surface area contributed by atoms with Crippen LogP contribution in [-0.2, 0) is 14.3 Å². The summed E-state index contributed by atoms with van der Waals surface area (Å²) in [5.74, 6) is -0.491. The molecule has 0 N–H and O–H groups in total. The van der Waals surface area contributed by atoms with Crippen molar-refractivity contribution in [2.24, 2.45) is 0 Å². The average molecular weight is 356 g/mol. The molecule has 3 aliphatic rings. The molecule has 1 aromatic rings. The molecule has 4 heterocycles. The van der Waals surface area contributed by atoms with Crippen LogP contribution in [0.1, 0.15) is 11.3 Å². The van der Waals surface area contributed by atoms with Crippen molar-refractivity contribution in [3.05, 3.63) is 23.5 Å². The molecule has 1 spiro atoms. The summed E-state index contributed by atoms with van der Waals surface area (Å²) >= 11 is 0. The van der Waals surface area contributed by atoms with E-state index in [1.165, 1.54) is 13.3 Å². The highest BCUT2D eigenvalue weighted by molar-refractivity contribution is 6.18. The van der Waals surface area contributed by atoms with Crippen molar-refractivity contribution in [3.63, 3.8) is 0 Å². The van der Waals surface area contributed by atoms with Gasteiger partial charge in [0.15, 0.2) is 12.1 Å². The number of hydrogen-bond donors (Lipinski definition) is 0. The summed E-state index contributed by atoms with van der Waals surface area (Å²) in [7, 11) is 1.44. The summed E-state index contributed by atoms with van der Waals surface area (Å²) in [5, 5.41) is 9.02. The van der Waals surface area contributed by atoms with Gasteiger partial charge in [0.05, 0.1) is 25.0 Å². The highest BCUT2D eigenvalue weighted by atomic mass is 16.5. The zero-order valence-corrected chi connectivity index (χ0v) is 14.5. The molecule has 9 heteroatoms. The van der Waals surface area contributed by atoms with Crippen molar-refractivity contribution in [1.82, 2.24) is 9.88 Å². The number of aryl methyl sites for hydroxylation is 1. The first-order valence-corrected chi connectivity index (χ1v) is 8.30. The molecule has 3 saturated heterocycles. The molecule has 1 aromatic heterocycles. The lowest BCUT2D eigenvalue weighted by Crippen LogP contribution is -2.62. The molecule has 3 aliphatic heterocycles. The monoisotopic (exact) mass is 356 g/mol. The van der Waals surface area contributed by atoms with Gasteiger partial charge < -0.3 is 4.74 Å². The maximum atomic E-state index is 13.3. The van der Waals surface area contributed by atoms with Crippen LogP contribution in [0, 0.1) is 18.3 Å². The molecule has 3 fully saturated rings. The molecule has 4 rings (SSSR count). The average Bonchev–Trinajstić information content (AvgIpc) is 3.24. The maximum Gasteiger partial charge on any atom is 0.433 e. The number of aromatic nitrogens is 1. The number of rotatable bonds is 4. The van der Waals surface area contributed by atoms with E-state index >= 15 is 0 Å². The summed E-state index contributed by atoms with van der Waals surface area (Å²) in [6.45, 7) is 2.89. The van der Waals surface area contributed by atoms with Crippen LogP contribution in [0.4, 0.5) is 10.5 Å². The van der Waals surface area contributed by atoms with Gasteiger partial charge in [-0.05, 0) is 18.6 Å². The number of fused-ring (bicyclic) bond motifs is 1. The number of carbonyl (C=O) groups is 3. The van der Waals surface area contributed by atoms with Crippen molar-refractivity contribution in [2.45, 2.75) is 19.0 Å². The van der Waals surface area contributed by atoms with Crippen LogP contribution in [0.5, 0.6) is 0 Å². The second-order valence-corrected chi connectivity index (χ2v) is 6.97. The van der Waals surface area contributed by atoms with Gasteiger partial charge in [0.25, 0.3) is 5.91 Å². The van der Waals surface area contributed by atoms with Crippen molar-refractivity contribution in [2.75, 3.05) is 38.4 Å². The third-order valence-corrected chi connectivity index (χ3v) is 5.55. The van der Waals surface area contributed by atoms with E-state index in [4.69, 9.17) is 10.00 Å². The van der Waals surface area contributed by atoms with Crippen molar-refractivity contribution in [3.8, 4) is 6.07 Å². The Hall–Kier alpha value is -2.67. The number of imide groups is 1. The number of nitriles is 1. The zero-order valence-electron chi connectivity index (χ0n) is 14.5. The second-order valence-electron chi connectivity index (χ2n) is 6.97. The number of ketones is 1. The first kappa shape index (κ1) is 16.8. The van der Waals surface area contributed by atoms with Crippen LogP contribution in [0.25, 0.3) is 0 Å². The van der Waals surface area contributed by atoms with Crippen molar-refractivity contribution >= 4 is 23.4 Å². The maximum absolute atomic E-state index is 13.3. The first-order valence-electron chi connectivity index (χ1n) is 8.30. The molecule has 9 nitrogen and oxygen atoms in total. The van der Waals surface area contributed by atoms with E-state index in [1.807, 2.05) is 11.0 Å². The molecule has 2 bridgehead atoms. The van der Waals surface area contributed by atoms with E-state index in [2.05, 4.69) is 4.98 Å². The molecule has 4 unspecified atom stereocenters. The Bertz CT molecular complexity index is 878. The van der Waals surface area contributed by atoms with Gasteiger partial charge in [-0.3, -0.25) is 9.59 Å². The summed E-state index contributed by atoms with van der Waals surface area (Å²) in [5.41, 5.74) is 1.18. The minimum Gasteiger partial charge on any atom is -0.377 e. The fourth-order valence-corrected chi connectivity index (χ4v) is 4.38. The topological polar surface area (TPSA) is 104 Å². The number of pyridine rings is 1. The third kappa shape index (κ3) is 2.00. The van der Waals surface area contributed by atoms with Crippen molar-refractivity contribution in [1.29, 1.82) is 5.26 Å². The zero-order chi connectivity index (χ0) is 18.6. The molecular formula is C17H18N5O4+. The standard InChI is InChI=1S/C17H18N5O4/c1-10-3-11(5-19-12(10)4-18)21-16(24)14-7-20-6-13(15(23)8-26-2)22(14,9-20)17(21)25/h3,5,13-14H,6-9H2,1-2H3/q+1. The Balaban J connectivity index is 1.75. The number of methoxy groups -OCH3 is 1. The second kappa shape index (κ2) is 5.67. The number of nitrogens with zero attached hydrogens (tertiary/aromatic N) is 5. The molecule has 4 atom stereocenters. The summed E-state index contributed by atoms with van der Waals surface area (Å²) < 4.78 is 4.77. The van der Waals surface area contributed by atoms with E-state index in [0.29, 0.717) is 31.0 Å². The largest absolute Gasteiger partial charge is 0.433 e. The molecule has 26 heavy (non-hydrogen) atoms. The van der Waals surface area contributed by atoms with Crippen LogP contribution in [0.15, 0.2) is 12.3 Å². The van der Waals surface area contributed by atoms with Gasteiger partial charge in [0, 0.05) is 7.11 Å². The van der Waals surface area contributed by atoms with Crippen LogP contribution < -0.4 is 4.90 Å². The molecule has 0 aromatic carbocycles. The summed E-state index contributed by atoms with van der Waals surface area (Å²) in [4.78, 5) is 46.0. The number of Topliss-reactive ketones (excluding diaryl/α,β-unsaturated/α-hetero) is 1. The quantitative estimate of drug-likeness (QED) is 0.543. The molecule has 0 aliphatic carbocycles. The number of ether oxygens (including phenoxy) is 1. The van der Waals surface area contributed by atoms with Gasteiger partial charge in [-0.15, -0.1) is 0 Å². The van der Waals surface area contributed by atoms with E-state index in [0.717, 1.165) is 4.90 Å². The highest BCUT2D eigenvalue weighted by Gasteiger charge is 2.73. The van der Waals surface area contributed by atoms with Crippen LogP contribution in [0.3, 0.4) is 0 Å². The molecule has 0 radical (unpaired) electrons. The first-order chi connectivity index (χ1) is 12.4. The van der Waals surface area contributed by atoms with Gasteiger partial charge in [-0.25, -0.2) is 19.2 Å². The van der Waals surface area contributed by atoms with Gasteiger partial charge >= 0.3 is 6.03 Å². The van der Waals surface area contributed by atoms with Crippen molar-refractivity contribution < 1.29 is 23.6 Å². The number of hydrogen-bond acceptors (Lipinski definition) is 7. The lowest BCUT2D eigenvalue weighted by atomic mass is 10.1. The Morgan fingerprint density at radius 1 is 1.46 bits per heavy atom. The fraction of sp³-hybridized carbons (Fsp3) is 0.471. The minimum atomic E-state index is -0.595. The highest BCUT2D eigenvalue weighted by Crippen LogP contribution is 2.43. The van der Waals surface area contributed by atoms with E-state index in [-0.39, 0.29) is 28.5 Å². The minimum absolute atomic E-state index is 0.0791. The Morgan fingerprint density at radius 2 is 2.23 bits per heavy atom. The Morgan fingerprint density at radius 3 is 2.88 bits per heavy atom. The molecule has 134 valence electrons. The van der Waals surface area contributed by atoms with Gasteiger partial charge in [-0.2, -0.15) is 10.2 Å². The van der Waals surface area contributed by atoms with Crippen LogP contribution >= 0.6 is 0 Å². The number of quaternary nitrogens is 1. The molecule has 0 saturated carbocycles. The van der Waals surface area contributed by atoms with Gasteiger partial charge in [-0.1, -0.05) is 0 Å². The van der Waals surface area contributed by atoms with Gasteiger partial charge in [0.2, 0.25) is 5.78 Å². The number of urea groups is 1. The number of anilines is 1. The van der Waals surface area contributed by atoms with Crippen LogP contribution in [0.2, 0.25) is 0 Å². The fourth-order valence-electron chi connectivity index (χ4n) is 4.38. The summed E-state index contributed by atoms with van der Waals surface area (Å²) in [6, 6.07) is 2.00. The lowest BCUT2D eigenvalue weighted by Gasteiger charge is -2.32. The third-order valence-electron chi connectivity index (χ3n) is 5.55. The lowest BCUT2D eigenvalue weighted by molar-refractivity contribution is -0.852. The predicted molar refractivity (Wildman–Crippen MR) is 87.7 cm³/mol. The molecule has 3 amide bonds. The number of amides is 3. The SMILES string of the molecule is COCC(=O)C1CN2CC3C(=O)N(c4cnc(C#N)c(C)c4)C(=O)[N+]13C2. The smallest absolute Gasteiger partial charge is 0.377 e.